The van der Waals surface area contributed by atoms with Crippen molar-refractivity contribution in [1.82, 2.24) is 10.5 Å². The first-order valence-corrected chi connectivity index (χ1v) is 5.43. The first kappa shape index (κ1) is 12.7. The molecule has 0 aromatic carbocycles. The van der Waals surface area contributed by atoms with Crippen molar-refractivity contribution in [2.24, 2.45) is 5.92 Å². The lowest BCUT2D eigenvalue weighted by Gasteiger charge is -2.10. The Morgan fingerprint density at radius 1 is 1.69 bits per heavy atom. The number of aryl methyl sites for hydroxylation is 1. The van der Waals surface area contributed by atoms with Gasteiger partial charge in [0.1, 0.15) is 5.76 Å². The van der Waals surface area contributed by atoms with Gasteiger partial charge in [-0.25, -0.2) is 0 Å². The summed E-state index contributed by atoms with van der Waals surface area (Å²) in [6, 6.07) is 1.86. The van der Waals surface area contributed by atoms with Crippen LogP contribution in [0.5, 0.6) is 0 Å². The highest BCUT2D eigenvalue weighted by atomic mass is 16.5. The number of carbonyl (C=O) groups excluding carboxylic acids is 1. The lowest BCUT2D eigenvalue weighted by molar-refractivity contribution is -0.147. The predicted octanol–water partition coefficient (Wildman–Crippen LogP) is 1.27. The molecule has 0 saturated carbocycles. The Labute approximate surface area is 95.1 Å². The Bertz CT molecular complexity index is 336. The predicted molar refractivity (Wildman–Crippen MR) is 58.7 cm³/mol. The van der Waals surface area contributed by atoms with Crippen molar-refractivity contribution in [3.05, 3.63) is 17.5 Å². The van der Waals surface area contributed by atoms with Crippen molar-refractivity contribution in [3.8, 4) is 0 Å². The maximum Gasteiger partial charge on any atom is 0.309 e. The molecular formula is C11H18N2O3. The van der Waals surface area contributed by atoms with Gasteiger partial charge in [0.15, 0.2) is 0 Å². The highest BCUT2D eigenvalue weighted by molar-refractivity contribution is 5.72. The van der Waals surface area contributed by atoms with Crippen LogP contribution >= 0.6 is 0 Å². The Hall–Kier alpha value is -1.36. The number of ether oxygens (including phenoxy) is 1. The zero-order valence-electron chi connectivity index (χ0n) is 9.95. The van der Waals surface area contributed by atoms with Crippen molar-refractivity contribution in [3.63, 3.8) is 0 Å². The van der Waals surface area contributed by atoms with E-state index in [0.29, 0.717) is 19.7 Å². The first-order valence-electron chi connectivity index (χ1n) is 5.43. The average molecular weight is 226 g/mol. The van der Waals surface area contributed by atoms with Gasteiger partial charge in [-0.3, -0.25) is 4.79 Å². The summed E-state index contributed by atoms with van der Waals surface area (Å²) in [7, 11) is 0. The van der Waals surface area contributed by atoms with Crippen LogP contribution in [0, 0.1) is 12.8 Å². The number of nitrogens with one attached hydrogen (secondary N) is 1. The highest BCUT2D eigenvalue weighted by Gasteiger charge is 2.13. The summed E-state index contributed by atoms with van der Waals surface area (Å²) in [4.78, 5) is 11.3. The van der Waals surface area contributed by atoms with Crippen LogP contribution in [0.4, 0.5) is 0 Å². The summed E-state index contributed by atoms with van der Waals surface area (Å²) in [5.74, 6) is 0.467. The van der Waals surface area contributed by atoms with Crippen LogP contribution in [0.3, 0.4) is 0 Å². The normalized spacial score (nSPS) is 12.4. The molecule has 0 aliphatic rings. The van der Waals surface area contributed by atoms with Crippen molar-refractivity contribution in [2.45, 2.75) is 27.3 Å². The molecule has 1 aromatic heterocycles. The number of hydrogen-bond donors (Lipinski definition) is 1. The van der Waals surface area contributed by atoms with Crippen LogP contribution in [0.2, 0.25) is 0 Å². The van der Waals surface area contributed by atoms with Crippen LogP contribution in [0.25, 0.3) is 0 Å². The second-order valence-electron chi connectivity index (χ2n) is 3.71. The minimum absolute atomic E-state index is 0.145. The fraction of sp³-hybridized carbons (Fsp3) is 0.636. The Morgan fingerprint density at radius 3 is 3.00 bits per heavy atom. The summed E-state index contributed by atoms with van der Waals surface area (Å²) in [5, 5.41) is 6.97. The van der Waals surface area contributed by atoms with E-state index in [9.17, 15) is 4.79 Å². The lowest BCUT2D eigenvalue weighted by Crippen LogP contribution is -2.27. The zero-order chi connectivity index (χ0) is 12.0. The minimum Gasteiger partial charge on any atom is -0.466 e. The van der Waals surface area contributed by atoms with Gasteiger partial charge in [-0.15, -0.1) is 0 Å². The molecule has 1 aromatic rings. The molecule has 0 aliphatic carbocycles. The molecule has 0 saturated heterocycles. The van der Waals surface area contributed by atoms with Gasteiger partial charge >= 0.3 is 5.97 Å². The maximum atomic E-state index is 11.3. The molecule has 90 valence electrons. The van der Waals surface area contributed by atoms with Gasteiger partial charge in [-0.1, -0.05) is 12.1 Å². The largest absolute Gasteiger partial charge is 0.466 e. The van der Waals surface area contributed by atoms with Crippen LogP contribution < -0.4 is 5.32 Å². The summed E-state index contributed by atoms with van der Waals surface area (Å²) < 4.78 is 9.82. The monoisotopic (exact) mass is 226 g/mol. The SMILES string of the molecule is CCOC(=O)C(C)CNCc1cc(C)on1. The van der Waals surface area contributed by atoms with Gasteiger partial charge in [0.25, 0.3) is 0 Å². The first-order chi connectivity index (χ1) is 7.63. The van der Waals surface area contributed by atoms with Crippen molar-refractivity contribution >= 4 is 5.97 Å². The smallest absolute Gasteiger partial charge is 0.309 e. The van der Waals surface area contributed by atoms with E-state index in [1.165, 1.54) is 0 Å². The molecule has 5 nitrogen and oxygen atoms in total. The van der Waals surface area contributed by atoms with Gasteiger partial charge in [0, 0.05) is 19.2 Å². The summed E-state index contributed by atoms with van der Waals surface area (Å²) in [5.41, 5.74) is 0.841. The van der Waals surface area contributed by atoms with Gasteiger partial charge in [0.05, 0.1) is 18.2 Å². The lowest BCUT2D eigenvalue weighted by atomic mass is 10.2. The number of hydrogen-bond acceptors (Lipinski definition) is 5. The number of rotatable bonds is 6. The van der Waals surface area contributed by atoms with E-state index >= 15 is 0 Å². The van der Waals surface area contributed by atoms with Gasteiger partial charge in [0.2, 0.25) is 0 Å². The molecule has 16 heavy (non-hydrogen) atoms. The molecular weight excluding hydrogens is 208 g/mol. The quantitative estimate of drug-likeness (QED) is 0.740. The number of aromatic nitrogens is 1. The molecule has 1 N–H and O–H groups in total. The summed E-state index contributed by atoms with van der Waals surface area (Å²) >= 11 is 0. The molecule has 1 rings (SSSR count). The molecule has 0 aliphatic heterocycles. The molecule has 0 spiro atoms. The van der Waals surface area contributed by atoms with Crippen LogP contribution in [0.1, 0.15) is 25.3 Å². The summed E-state index contributed by atoms with van der Waals surface area (Å²) in [6.07, 6.45) is 0. The Morgan fingerprint density at radius 2 is 2.44 bits per heavy atom. The van der Waals surface area contributed by atoms with E-state index in [0.717, 1.165) is 11.5 Å². The van der Waals surface area contributed by atoms with E-state index in [1.54, 1.807) is 6.92 Å². The molecule has 0 bridgehead atoms. The molecule has 1 unspecified atom stereocenters. The zero-order valence-corrected chi connectivity index (χ0v) is 9.95. The third-order valence-corrected chi connectivity index (χ3v) is 2.12. The molecule has 0 amide bonds. The second-order valence-corrected chi connectivity index (χ2v) is 3.71. The molecule has 5 heteroatoms. The Kier molecular flexibility index (Phi) is 4.98. The molecule has 1 heterocycles. The van der Waals surface area contributed by atoms with Gasteiger partial charge < -0.3 is 14.6 Å². The van der Waals surface area contributed by atoms with E-state index in [4.69, 9.17) is 9.26 Å². The molecule has 0 fully saturated rings. The number of nitrogens with zero attached hydrogens (tertiary/aromatic N) is 1. The van der Waals surface area contributed by atoms with Crippen LogP contribution in [0.15, 0.2) is 10.6 Å². The van der Waals surface area contributed by atoms with E-state index < -0.39 is 0 Å². The van der Waals surface area contributed by atoms with Crippen molar-refractivity contribution in [1.29, 1.82) is 0 Å². The van der Waals surface area contributed by atoms with Crippen LogP contribution in [-0.2, 0) is 16.1 Å². The van der Waals surface area contributed by atoms with Gasteiger partial charge in [-0.05, 0) is 13.8 Å². The van der Waals surface area contributed by atoms with Crippen molar-refractivity contribution < 1.29 is 14.1 Å². The number of esters is 1. The molecule has 0 radical (unpaired) electrons. The topological polar surface area (TPSA) is 64.4 Å². The fourth-order valence-corrected chi connectivity index (χ4v) is 1.29. The minimum atomic E-state index is -0.175. The van der Waals surface area contributed by atoms with Gasteiger partial charge in [-0.2, -0.15) is 0 Å². The standard InChI is InChI=1S/C11H18N2O3/c1-4-15-11(14)8(2)6-12-7-10-5-9(3)16-13-10/h5,8,12H,4,6-7H2,1-3H3. The average Bonchev–Trinajstić information content (AvgIpc) is 2.64. The highest BCUT2D eigenvalue weighted by Crippen LogP contribution is 2.02. The van der Waals surface area contributed by atoms with Crippen LogP contribution in [-0.4, -0.2) is 24.3 Å². The number of carbonyl (C=O) groups is 1. The molecule has 1 atom stereocenters. The summed E-state index contributed by atoms with van der Waals surface area (Å²) in [6.45, 7) is 7.07. The third kappa shape index (κ3) is 4.02. The van der Waals surface area contributed by atoms with E-state index in [2.05, 4.69) is 10.5 Å². The second kappa shape index (κ2) is 6.27. The maximum absolute atomic E-state index is 11.3. The van der Waals surface area contributed by atoms with Crippen molar-refractivity contribution in [2.75, 3.05) is 13.2 Å². The third-order valence-electron chi connectivity index (χ3n) is 2.12. The van der Waals surface area contributed by atoms with E-state index in [-0.39, 0.29) is 11.9 Å². The van der Waals surface area contributed by atoms with E-state index in [1.807, 2.05) is 19.9 Å². The fourth-order valence-electron chi connectivity index (χ4n) is 1.29. The Balaban J connectivity index is 2.22.